The van der Waals surface area contributed by atoms with Gasteiger partial charge in [0.15, 0.2) is 46.5 Å². The van der Waals surface area contributed by atoms with Crippen molar-refractivity contribution in [3.8, 4) is 57.0 Å². The third kappa shape index (κ3) is 5.65. The largest absolute Gasteiger partial charge is 0.573 e. The van der Waals surface area contributed by atoms with Crippen LogP contribution in [0.5, 0.6) is 11.5 Å². The third-order valence-electron chi connectivity index (χ3n) is 6.95. The Labute approximate surface area is 265 Å². The molecule has 0 atom stereocenters. The molecule has 0 aliphatic heterocycles. The molecule has 0 aromatic heterocycles. The molecule has 4 aromatic rings. The second kappa shape index (κ2) is 11.9. The van der Waals surface area contributed by atoms with Gasteiger partial charge in [-0.1, -0.05) is 0 Å². The lowest BCUT2D eigenvalue weighted by Crippen LogP contribution is -2.18. The summed E-state index contributed by atoms with van der Waals surface area (Å²) in [6, 6.07) is 3.12. The molecule has 0 bridgehead atoms. The van der Waals surface area contributed by atoms with Gasteiger partial charge in [-0.3, -0.25) is 0 Å². The van der Waals surface area contributed by atoms with Gasteiger partial charge in [0.05, 0.1) is 11.1 Å². The Morgan fingerprint density at radius 1 is 0.420 bits per heavy atom. The summed E-state index contributed by atoms with van der Waals surface area (Å²) in [5.74, 6) is -30.6. The van der Waals surface area contributed by atoms with Crippen molar-refractivity contribution >= 4 is 5.57 Å². The molecule has 0 saturated heterocycles. The smallest absolute Gasteiger partial charge is 0.405 e. The third-order valence-corrected chi connectivity index (χ3v) is 6.95. The van der Waals surface area contributed by atoms with Crippen LogP contribution in [0.2, 0.25) is 0 Å². The van der Waals surface area contributed by atoms with E-state index in [-0.39, 0.29) is 24.3 Å². The van der Waals surface area contributed by atoms with Crippen LogP contribution in [-0.4, -0.2) is 12.7 Å². The van der Waals surface area contributed by atoms with E-state index >= 15 is 0 Å². The quantitative estimate of drug-likeness (QED) is 0.0800. The zero-order valence-electron chi connectivity index (χ0n) is 23.1. The Kier molecular flexibility index (Phi) is 8.42. The first-order valence-corrected chi connectivity index (χ1v) is 12.6. The molecule has 0 amide bonds. The van der Waals surface area contributed by atoms with Gasteiger partial charge in [0, 0.05) is 16.7 Å². The molecule has 0 unspecified atom stereocenters. The number of hydrogen-bond donors (Lipinski definition) is 0. The summed E-state index contributed by atoms with van der Waals surface area (Å²) >= 11 is 0. The maximum absolute atomic E-state index is 14.9. The van der Waals surface area contributed by atoms with E-state index in [1.165, 1.54) is 12.1 Å². The standard InChI is InChI=1S/C30H4F16N2O2/c31-19-17(20(32)24(36)27(39)23(19)35)12-1-8-9-2-13(18-21(33)25(37)28(40)26(38)22(18)34)15(50-30(44,45)46)4-11(9)16(7(5-47)6-48)10(8)3-14(12)49-29(41,42)43/h1-4H. The van der Waals surface area contributed by atoms with Crippen LogP contribution in [0.3, 0.4) is 0 Å². The summed E-state index contributed by atoms with van der Waals surface area (Å²) in [6.07, 6.45) is -11.6. The van der Waals surface area contributed by atoms with Gasteiger partial charge in [0.1, 0.15) is 29.2 Å². The summed E-state index contributed by atoms with van der Waals surface area (Å²) in [5.41, 5.74) is -12.8. The molecule has 258 valence electrons. The monoisotopic (exact) mass is 728 g/mol. The van der Waals surface area contributed by atoms with Crippen molar-refractivity contribution in [1.29, 1.82) is 10.5 Å². The lowest BCUT2D eigenvalue weighted by molar-refractivity contribution is -0.275. The predicted molar refractivity (Wildman–Crippen MR) is 133 cm³/mol. The van der Waals surface area contributed by atoms with E-state index in [2.05, 4.69) is 9.47 Å². The van der Waals surface area contributed by atoms with Crippen LogP contribution in [0, 0.1) is 80.8 Å². The van der Waals surface area contributed by atoms with Gasteiger partial charge in [0.2, 0.25) is 11.6 Å². The van der Waals surface area contributed by atoms with Crippen molar-refractivity contribution in [3.05, 3.63) is 99.1 Å². The molecule has 0 spiro atoms. The molecule has 1 aliphatic carbocycles. The highest BCUT2D eigenvalue weighted by Crippen LogP contribution is 2.54. The summed E-state index contributed by atoms with van der Waals surface area (Å²) in [7, 11) is 0. The molecule has 1 aliphatic rings. The van der Waals surface area contributed by atoms with E-state index in [1.54, 1.807) is 0 Å². The van der Waals surface area contributed by atoms with Gasteiger partial charge in [-0.15, -0.1) is 26.3 Å². The average molecular weight is 728 g/mol. The normalized spacial score (nSPS) is 12.3. The van der Waals surface area contributed by atoms with E-state index in [0.717, 1.165) is 0 Å². The van der Waals surface area contributed by atoms with Crippen molar-refractivity contribution in [2.24, 2.45) is 0 Å². The van der Waals surface area contributed by atoms with E-state index in [4.69, 9.17) is 0 Å². The number of fused-ring (bicyclic) bond motifs is 3. The Morgan fingerprint density at radius 3 is 0.960 bits per heavy atom. The van der Waals surface area contributed by atoms with Gasteiger partial charge in [-0.05, 0) is 46.5 Å². The summed E-state index contributed by atoms with van der Waals surface area (Å²) in [4.78, 5) is 0. The molecule has 0 fully saturated rings. The molecule has 0 heterocycles. The highest BCUT2D eigenvalue weighted by molar-refractivity contribution is 6.07. The second-order valence-corrected chi connectivity index (χ2v) is 9.75. The first-order chi connectivity index (χ1) is 23.1. The zero-order valence-corrected chi connectivity index (χ0v) is 23.1. The first-order valence-electron chi connectivity index (χ1n) is 12.6. The van der Waals surface area contributed by atoms with E-state index in [0.29, 0.717) is 0 Å². The fourth-order valence-corrected chi connectivity index (χ4v) is 5.06. The van der Waals surface area contributed by atoms with E-state index in [1.807, 2.05) is 0 Å². The fourth-order valence-electron chi connectivity index (χ4n) is 5.06. The van der Waals surface area contributed by atoms with Crippen LogP contribution in [0.15, 0.2) is 29.8 Å². The van der Waals surface area contributed by atoms with Crippen molar-refractivity contribution in [2.45, 2.75) is 12.7 Å². The number of benzene rings is 4. The van der Waals surface area contributed by atoms with Crippen LogP contribution in [-0.2, 0) is 0 Å². The minimum absolute atomic E-state index is 0.128. The Bertz CT molecular complexity index is 2060. The number of ether oxygens (including phenoxy) is 2. The number of allylic oxidation sites excluding steroid dienone is 1. The molecule has 4 aromatic carbocycles. The molecular weight excluding hydrogens is 724 g/mol. The van der Waals surface area contributed by atoms with Gasteiger partial charge in [0.25, 0.3) is 0 Å². The van der Waals surface area contributed by atoms with Crippen LogP contribution in [0.4, 0.5) is 70.2 Å². The van der Waals surface area contributed by atoms with Crippen LogP contribution in [0.1, 0.15) is 11.1 Å². The molecule has 0 N–H and O–H groups in total. The summed E-state index contributed by atoms with van der Waals surface area (Å²) in [6.45, 7) is 0. The van der Waals surface area contributed by atoms with Gasteiger partial charge in [-0.25, -0.2) is 43.9 Å². The Morgan fingerprint density at radius 2 is 0.700 bits per heavy atom. The van der Waals surface area contributed by atoms with Crippen LogP contribution < -0.4 is 9.47 Å². The van der Waals surface area contributed by atoms with Crippen molar-refractivity contribution in [3.63, 3.8) is 0 Å². The van der Waals surface area contributed by atoms with Crippen molar-refractivity contribution < 1.29 is 79.7 Å². The van der Waals surface area contributed by atoms with Crippen molar-refractivity contribution in [1.82, 2.24) is 0 Å². The number of nitriles is 2. The summed E-state index contributed by atoms with van der Waals surface area (Å²) < 4.78 is 232. The Hall–Kier alpha value is -5.92. The maximum Gasteiger partial charge on any atom is 0.573 e. The fraction of sp³-hybridized carbons (Fsp3) is 0.0667. The lowest BCUT2D eigenvalue weighted by atomic mass is 9.94. The highest BCUT2D eigenvalue weighted by atomic mass is 19.4. The molecule has 0 saturated carbocycles. The number of alkyl halides is 6. The average Bonchev–Trinajstić information content (AvgIpc) is 3.32. The molecule has 0 radical (unpaired) electrons. The minimum atomic E-state index is -5.80. The predicted octanol–water partition coefficient (Wildman–Crippen LogP) is 10.0. The van der Waals surface area contributed by atoms with Gasteiger partial charge in [-0.2, -0.15) is 10.5 Å². The SMILES string of the molecule is N#CC(C#N)=C1c2cc(OC(F)(F)F)c(-c3c(F)c(F)c(F)c(F)c3F)cc2-c2cc(-c3c(F)c(F)c(F)c(F)c3F)c(OC(F)(F)F)cc21. The lowest BCUT2D eigenvalue weighted by Gasteiger charge is -2.18. The first kappa shape index (κ1) is 35.4. The number of nitrogens with zero attached hydrogens (tertiary/aromatic N) is 2. The van der Waals surface area contributed by atoms with E-state index in [9.17, 15) is 80.8 Å². The number of halogens is 16. The molecule has 4 nitrogen and oxygen atoms in total. The zero-order chi connectivity index (χ0) is 37.4. The van der Waals surface area contributed by atoms with E-state index < -0.39 is 138 Å². The minimum Gasteiger partial charge on any atom is -0.405 e. The maximum atomic E-state index is 14.9. The second-order valence-electron chi connectivity index (χ2n) is 9.75. The topological polar surface area (TPSA) is 66.0 Å². The molecule has 5 rings (SSSR count). The number of rotatable bonds is 4. The summed E-state index contributed by atoms with van der Waals surface area (Å²) in [5, 5.41) is 19.1. The van der Waals surface area contributed by atoms with Crippen molar-refractivity contribution in [2.75, 3.05) is 0 Å². The van der Waals surface area contributed by atoms with Crippen LogP contribution >= 0.6 is 0 Å². The highest BCUT2D eigenvalue weighted by Gasteiger charge is 2.40. The Balaban J connectivity index is 2.01. The molecular formula is C30H4F16N2O2. The van der Waals surface area contributed by atoms with Gasteiger partial charge < -0.3 is 9.47 Å². The molecule has 20 heteroatoms. The van der Waals surface area contributed by atoms with Crippen LogP contribution in [0.25, 0.3) is 39.0 Å². The molecule has 50 heavy (non-hydrogen) atoms. The van der Waals surface area contributed by atoms with Gasteiger partial charge >= 0.3 is 12.7 Å². The number of hydrogen-bond acceptors (Lipinski definition) is 4.